The van der Waals surface area contributed by atoms with E-state index in [4.69, 9.17) is 21.3 Å². The number of halogens is 2. The molecule has 1 unspecified atom stereocenters. The molecule has 31 heavy (non-hydrogen) atoms. The summed E-state index contributed by atoms with van der Waals surface area (Å²) in [6, 6.07) is 13.3. The van der Waals surface area contributed by atoms with Gasteiger partial charge in [0, 0.05) is 34.7 Å². The number of thiazole rings is 1. The van der Waals surface area contributed by atoms with Crippen molar-refractivity contribution < 1.29 is 13.9 Å². The van der Waals surface area contributed by atoms with Crippen molar-refractivity contribution >= 4 is 39.7 Å². The predicted molar refractivity (Wildman–Crippen MR) is 123 cm³/mol. The summed E-state index contributed by atoms with van der Waals surface area (Å²) < 4.78 is 18.7. The quantitative estimate of drug-likeness (QED) is 0.496. The standard InChI is InChI=1S/C23H23ClFN3O2S/c1-2-21(22(29)27-11-13-30-14-12-27)28(19-9-5-17(24)6-10-19)23-26-20(15-31-23)16-3-7-18(25)8-4-16/h3-10,15,21H,2,11-14H2,1H3. The van der Waals surface area contributed by atoms with E-state index in [1.165, 1.54) is 23.5 Å². The van der Waals surface area contributed by atoms with Gasteiger partial charge in [-0.25, -0.2) is 9.37 Å². The molecule has 8 heteroatoms. The summed E-state index contributed by atoms with van der Waals surface area (Å²) in [7, 11) is 0. The maximum absolute atomic E-state index is 13.4. The number of carbonyl (C=O) groups excluding carboxylic acids is 1. The molecule has 1 aromatic heterocycles. The third kappa shape index (κ3) is 4.89. The normalized spacial score (nSPS) is 15.0. The van der Waals surface area contributed by atoms with Crippen LogP contribution in [0.2, 0.25) is 5.02 Å². The maximum atomic E-state index is 13.4. The second-order valence-electron chi connectivity index (χ2n) is 7.23. The van der Waals surface area contributed by atoms with Crippen LogP contribution in [0.4, 0.5) is 15.2 Å². The Hall–Kier alpha value is -2.48. The second kappa shape index (κ2) is 9.77. The van der Waals surface area contributed by atoms with Gasteiger partial charge < -0.3 is 14.5 Å². The van der Waals surface area contributed by atoms with Gasteiger partial charge in [0.05, 0.1) is 18.9 Å². The van der Waals surface area contributed by atoms with E-state index in [2.05, 4.69) is 0 Å². The smallest absolute Gasteiger partial charge is 0.245 e. The van der Waals surface area contributed by atoms with Crippen LogP contribution in [-0.4, -0.2) is 48.1 Å². The van der Waals surface area contributed by atoms with Gasteiger partial charge in [-0.2, -0.15) is 0 Å². The Kier molecular flexibility index (Phi) is 6.85. The number of benzene rings is 2. The zero-order valence-electron chi connectivity index (χ0n) is 17.1. The summed E-state index contributed by atoms with van der Waals surface area (Å²) in [5.74, 6) is -0.233. The predicted octanol–water partition coefficient (Wildman–Crippen LogP) is 5.38. The number of anilines is 2. The molecule has 0 N–H and O–H groups in total. The minimum Gasteiger partial charge on any atom is -0.378 e. The second-order valence-corrected chi connectivity index (χ2v) is 8.50. The Balaban J connectivity index is 1.71. The fraction of sp³-hybridized carbons (Fsp3) is 0.304. The average Bonchev–Trinajstić information content (AvgIpc) is 3.28. The largest absolute Gasteiger partial charge is 0.378 e. The van der Waals surface area contributed by atoms with Crippen LogP contribution in [-0.2, 0) is 9.53 Å². The van der Waals surface area contributed by atoms with E-state index < -0.39 is 6.04 Å². The summed E-state index contributed by atoms with van der Waals surface area (Å²) in [5, 5.41) is 3.26. The lowest BCUT2D eigenvalue weighted by molar-refractivity contribution is -0.136. The van der Waals surface area contributed by atoms with Crippen LogP contribution in [0.1, 0.15) is 13.3 Å². The highest BCUT2D eigenvalue weighted by Crippen LogP contribution is 2.35. The highest BCUT2D eigenvalue weighted by molar-refractivity contribution is 7.14. The van der Waals surface area contributed by atoms with Gasteiger partial charge in [0.2, 0.25) is 5.91 Å². The van der Waals surface area contributed by atoms with Crippen molar-refractivity contribution in [2.75, 3.05) is 31.2 Å². The molecule has 1 saturated heterocycles. The van der Waals surface area contributed by atoms with E-state index in [1.807, 2.05) is 46.4 Å². The van der Waals surface area contributed by atoms with Gasteiger partial charge in [0.25, 0.3) is 0 Å². The molecule has 1 aliphatic heterocycles. The molecule has 0 spiro atoms. The van der Waals surface area contributed by atoms with Gasteiger partial charge in [-0.15, -0.1) is 11.3 Å². The molecule has 5 nitrogen and oxygen atoms in total. The van der Waals surface area contributed by atoms with Crippen molar-refractivity contribution in [2.45, 2.75) is 19.4 Å². The van der Waals surface area contributed by atoms with Crippen LogP contribution in [0.3, 0.4) is 0 Å². The molecule has 0 radical (unpaired) electrons. The van der Waals surface area contributed by atoms with Gasteiger partial charge in [0.1, 0.15) is 11.9 Å². The molecule has 4 rings (SSSR count). The average molecular weight is 460 g/mol. The summed E-state index contributed by atoms with van der Waals surface area (Å²) in [5.41, 5.74) is 2.41. The van der Waals surface area contributed by atoms with Crippen molar-refractivity contribution in [2.24, 2.45) is 0 Å². The maximum Gasteiger partial charge on any atom is 0.245 e. The Bertz CT molecular complexity index is 1020. The zero-order chi connectivity index (χ0) is 21.8. The summed E-state index contributed by atoms with van der Waals surface area (Å²) in [6.07, 6.45) is 0.615. The van der Waals surface area contributed by atoms with E-state index >= 15 is 0 Å². The highest BCUT2D eigenvalue weighted by atomic mass is 35.5. The minimum atomic E-state index is -0.411. The van der Waals surface area contributed by atoms with Crippen LogP contribution in [0.15, 0.2) is 53.9 Å². The molecule has 3 aromatic rings. The number of hydrogen-bond donors (Lipinski definition) is 0. The molecule has 1 aliphatic rings. The number of hydrogen-bond acceptors (Lipinski definition) is 5. The molecular formula is C23H23ClFN3O2S. The molecule has 0 saturated carbocycles. The molecule has 2 heterocycles. The number of amides is 1. The van der Waals surface area contributed by atoms with Gasteiger partial charge >= 0.3 is 0 Å². The lowest BCUT2D eigenvalue weighted by atomic mass is 10.1. The molecule has 1 atom stereocenters. The molecule has 0 aliphatic carbocycles. The van der Waals surface area contributed by atoms with E-state index in [0.29, 0.717) is 42.9 Å². The summed E-state index contributed by atoms with van der Waals surface area (Å²) in [4.78, 5) is 22.1. The minimum absolute atomic E-state index is 0.0549. The first-order chi connectivity index (χ1) is 15.1. The molecule has 1 fully saturated rings. The van der Waals surface area contributed by atoms with Crippen LogP contribution in [0.5, 0.6) is 0 Å². The van der Waals surface area contributed by atoms with Gasteiger partial charge in [0.15, 0.2) is 5.13 Å². The number of carbonyl (C=O) groups is 1. The van der Waals surface area contributed by atoms with Gasteiger partial charge in [-0.1, -0.05) is 18.5 Å². The fourth-order valence-corrected chi connectivity index (χ4v) is 4.64. The molecule has 1 amide bonds. The topological polar surface area (TPSA) is 45.7 Å². The number of rotatable bonds is 6. The number of aromatic nitrogens is 1. The summed E-state index contributed by atoms with van der Waals surface area (Å²) >= 11 is 7.56. The van der Waals surface area contributed by atoms with Crippen LogP contribution < -0.4 is 4.90 Å². The first kappa shape index (κ1) is 21.7. The van der Waals surface area contributed by atoms with Crippen molar-refractivity contribution in [1.29, 1.82) is 0 Å². The molecule has 162 valence electrons. The zero-order valence-corrected chi connectivity index (χ0v) is 18.7. The lowest BCUT2D eigenvalue weighted by Crippen LogP contribution is -2.50. The van der Waals surface area contributed by atoms with E-state index in [9.17, 15) is 9.18 Å². The first-order valence-corrected chi connectivity index (χ1v) is 11.5. The lowest BCUT2D eigenvalue weighted by Gasteiger charge is -2.35. The molecular weight excluding hydrogens is 437 g/mol. The number of morpholine rings is 1. The Morgan fingerprint density at radius 2 is 1.87 bits per heavy atom. The SMILES string of the molecule is CCC(C(=O)N1CCOCC1)N(c1ccc(Cl)cc1)c1nc(-c2ccc(F)cc2)cs1. The Labute approximate surface area is 190 Å². The highest BCUT2D eigenvalue weighted by Gasteiger charge is 2.32. The van der Waals surface area contributed by atoms with Crippen LogP contribution >= 0.6 is 22.9 Å². The Morgan fingerprint density at radius 1 is 1.19 bits per heavy atom. The monoisotopic (exact) mass is 459 g/mol. The third-order valence-corrected chi connectivity index (χ3v) is 6.34. The van der Waals surface area contributed by atoms with E-state index in [1.54, 1.807) is 12.1 Å². The van der Waals surface area contributed by atoms with Crippen LogP contribution in [0.25, 0.3) is 11.3 Å². The first-order valence-electron chi connectivity index (χ1n) is 10.2. The number of ether oxygens (including phenoxy) is 1. The van der Waals surface area contributed by atoms with Crippen molar-refractivity contribution in [3.05, 3.63) is 64.8 Å². The van der Waals surface area contributed by atoms with E-state index in [-0.39, 0.29) is 11.7 Å². The van der Waals surface area contributed by atoms with Crippen molar-refractivity contribution in [3.8, 4) is 11.3 Å². The molecule has 2 aromatic carbocycles. The van der Waals surface area contributed by atoms with Gasteiger partial charge in [-0.05, 0) is 55.0 Å². The van der Waals surface area contributed by atoms with E-state index in [0.717, 1.165) is 16.9 Å². The van der Waals surface area contributed by atoms with Gasteiger partial charge in [-0.3, -0.25) is 4.79 Å². The van der Waals surface area contributed by atoms with Crippen molar-refractivity contribution in [1.82, 2.24) is 9.88 Å². The van der Waals surface area contributed by atoms with Crippen LogP contribution in [0, 0.1) is 5.82 Å². The van der Waals surface area contributed by atoms with Crippen molar-refractivity contribution in [3.63, 3.8) is 0 Å². The third-order valence-electron chi connectivity index (χ3n) is 5.25. The molecule has 0 bridgehead atoms. The summed E-state index contributed by atoms with van der Waals surface area (Å²) in [6.45, 7) is 4.27. The number of nitrogens with zero attached hydrogens (tertiary/aromatic N) is 3. The fourth-order valence-electron chi connectivity index (χ4n) is 3.62. The Morgan fingerprint density at radius 3 is 2.52 bits per heavy atom.